The summed E-state index contributed by atoms with van der Waals surface area (Å²) in [7, 11) is 0. The number of ether oxygens (including phenoxy) is 1. The van der Waals surface area contributed by atoms with Crippen molar-refractivity contribution in [3.8, 4) is 0 Å². The van der Waals surface area contributed by atoms with Crippen LogP contribution in [0.1, 0.15) is 30.5 Å². The van der Waals surface area contributed by atoms with E-state index < -0.39 is 18.1 Å². The van der Waals surface area contributed by atoms with Gasteiger partial charge in [-0.05, 0) is 24.6 Å². The van der Waals surface area contributed by atoms with Crippen LogP contribution in [-0.4, -0.2) is 40.6 Å². The Morgan fingerprint density at radius 3 is 2.64 bits per heavy atom. The zero-order valence-corrected chi connectivity index (χ0v) is 16.5. The molecule has 1 aliphatic heterocycles. The first-order chi connectivity index (χ1) is 13.5. The number of furan rings is 1. The van der Waals surface area contributed by atoms with Crippen molar-refractivity contribution in [2.45, 2.75) is 37.9 Å². The average molecular weight is 402 g/mol. The van der Waals surface area contributed by atoms with E-state index in [1.54, 1.807) is 12.1 Å². The van der Waals surface area contributed by atoms with E-state index in [-0.39, 0.29) is 17.2 Å². The third kappa shape index (κ3) is 4.56. The highest BCUT2D eigenvalue weighted by atomic mass is 32.2. The van der Waals surface area contributed by atoms with Crippen LogP contribution in [0, 0.1) is 0 Å². The summed E-state index contributed by atoms with van der Waals surface area (Å²) >= 11 is 1.43. The second kappa shape index (κ2) is 8.97. The molecule has 7 nitrogen and oxygen atoms in total. The van der Waals surface area contributed by atoms with Gasteiger partial charge in [-0.2, -0.15) is 0 Å². The summed E-state index contributed by atoms with van der Waals surface area (Å²) in [5.74, 6) is -0.264. The van der Waals surface area contributed by atoms with E-state index in [1.165, 1.54) is 36.8 Å². The van der Waals surface area contributed by atoms with Gasteiger partial charge < -0.3 is 19.4 Å². The van der Waals surface area contributed by atoms with Gasteiger partial charge in [0.2, 0.25) is 5.91 Å². The summed E-state index contributed by atoms with van der Waals surface area (Å²) in [4.78, 5) is 38.4. The molecule has 2 aromatic rings. The summed E-state index contributed by atoms with van der Waals surface area (Å²) in [6, 6.07) is 12.2. The Balaban J connectivity index is 1.58. The number of carbonyl (C=O) groups is 3. The molecule has 0 bridgehead atoms. The monoisotopic (exact) mass is 402 g/mol. The molecule has 148 valence electrons. The SMILES string of the molecule is CC(=O)N1[C@@H](C(=O)O[C@@H](C)C(=O)NCc2ccccc2)CS[C@@H]1c1ccco1. The Hall–Kier alpha value is -2.74. The normalized spacial score (nSPS) is 19.9. The van der Waals surface area contributed by atoms with Crippen LogP contribution < -0.4 is 5.32 Å². The number of benzene rings is 1. The lowest BCUT2D eigenvalue weighted by molar-refractivity contribution is -0.161. The third-order valence-electron chi connectivity index (χ3n) is 4.39. The number of nitrogens with one attached hydrogen (secondary N) is 1. The highest BCUT2D eigenvalue weighted by molar-refractivity contribution is 7.99. The molecule has 0 unspecified atom stereocenters. The van der Waals surface area contributed by atoms with Crippen LogP contribution in [0.15, 0.2) is 53.1 Å². The lowest BCUT2D eigenvalue weighted by Gasteiger charge is -2.26. The van der Waals surface area contributed by atoms with Gasteiger partial charge in [0.25, 0.3) is 5.91 Å². The number of hydrogen-bond acceptors (Lipinski definition) is 6. The van der Waals surface area contributed by atoms with Gasteiger partial charge in [-0.15, -0.1) is 11.8 Å². The van der Waals surface area contributed by atoms with Gasteiger partial charge in [0, 0.05) is 19.2 Å². The number of hydrogen-bond donors (Lipinski definition) is 1. The second-order valence-electron chi connectivity index (χ2n) is 6.43. The molecule has 1 saturated heterocycles. The van der Waals surface area contributed by atoms with Crippen molar-refractivity contribution in [1.82, 2.24) is 10.2 Å². The van der Waals surface area contributed by atoms with Crippen molar-refractivity contribution in [3.63, 3.8) is 0 Å². The zero-order chi connectivity index (χ0) is 20.1. The molecule has 1 aromatic heterocycles. The first-order valence-electron chi connectivity index (χ1n) is 8.93. The van der Waals surface area contributed by atoms with Crippen molar-refractivity contribution in [1.29, 1.82) is 0 Å². The van der Waals surface area contributed by atoms with Gasteiger partial charge in [0.1, 0.15) is 17.2 Å². The fraction of sp³-hybridized carbons (Fsp3) is 0.350. The average Bonchev–Trinajstić information content (AvgIpc) is 3.35. The van der Waals surface area contributed by atoms with Gasteiger partial charge >= 0.3 is 5.97 Å². The van der Waals surface area contributed by atoms with E-state index in [1.807, 2.05) is 30.3 Å². The molecule has 0 saturated carbocycles. The van der Waals surface area contributed by atoms with Crippen molar-refractivity contribution >= 4 is 29.5 Å². The molecule has 3 rings (SSSR count). The Bertz CT molecular complexity index is 824. The molecule has 1 fully saturated rings. The predicted octanol–water partition coefficient (Wildman–Crippen LogP) is 2.49. The predicted molar refractivity (Wildman–Crippen MR) is 104 cm³/mol. The fourth-order valence-corrected chi connectivity index (χ4v) is 4.37. The maximum Gasteiger partial charge on any atom is 0.330 e. The van der Waals surface area contributed by atoms with E-state index in [2.05, 4.69) is 5.32 Å². The minimum Gasteiger partial charge on any atom is -0.466 e. The van der Waals surface area contributed by atoms with Gasteiger partial charge in [0.05, 0.1) is 6.26 Å². The van der Waals surface area contributed by atoms with Gasteiger partial charge in [-0.25, -0.2) is 4.79 Å². The first-order valence-corrected chi connectivity index (χ1v) is 9.98. The van der Waals surface area contributed by atoms with Crippen LogP contribution in [0.2, 0.25) is 0 Å². The molecular weight excluding hydrogens is 380 g/mol. The van der Waals surface area contributed by atoms with Crippen molar-refractivity contribution in [2.75, 3.05) is 5.75 Å². The topological polar surface area (TPSA) is 88.8 Å². The number of rotatable bonds is 6. The Morgan fingerprint density at radius 1 is 1.25 bits per heavy atom. The highest BCUT2D eigenvalue weighted by Crippen LogP contribution is 2.41. The zero-order valence-electron chi connectivity index (χ0n) is 15.7. The summed E-state index contributed by atoms with van der Waals surface area (Å²) in [5, 5.41) is 2.36. The van der Waals surface area contributed by atoms with Crippen molar-refractivity contribution in [3.05, 3.63) is 60.1 Å². The molecule has 28 heavy (non-hydrogen) atoms. The first kappa shape index (κ1) is 20.0. The number of thioether (sulfide) groups is 1. The van der Waals surface area contributed by atoms with Crippen LogP contribution in [0.5, 0.6) is 0 Å². The molecule has 1 aromatic carbocycles. The molecule has 2 amide bonds. The number of amides is 2. The highest BCUT2D eigenvalue weighted by Gasteiger charge is 2.43. The molecule has 1 aliphatic rings. The standard InChI is InChI=1S/C20H22N2O5S/c1-13(18(24)21-11-15-7-4-3-5-8-15)27-20(25)16-12-28-19(22(16)14(2)23)17-9-6-10-26-17/h3-10,13,16,19H,11-12H2,1-2H3,(H,21,24)/t13-,16+,19+/m0/s1. The molecule has 2 heterocycles. The Labute approximate surface area is 167 Å². The second-order valence-corrected chi connectivity index (χ2v) is 7.54. The summed E-state index contributed by atoms with van der Waals surface area (Å²) in [6.45, 7) is 3.27. The maximum atomic E-state index is 12.6. The number of nitrogens with zero attached hydrogens (tertiary/aromatic N) is 1. The van der Waals surface area contributed by atoms with Crippen LogP contribution in [0.25, 0.3) is 0 Å². The van der Waals surface area contributed by atoms with E-state index >= 15 is 0 Å². The van der Waals surface area contributed by atoms with E-state index in [4.69, 9.17) is 9.15 Å². The lowest BCUT2D eigenvalue weighted by atomic mass is 10.2. The number of esters is 1. The molecule has 3 atom stereocenters. The molecule has 0 spiro atoms. The van der Waals surface area contributed by atoms with Crippen LogP contribution in [-0.2, 0) is 25.7 Å². The minimum atomic E-state index is -0.960. The van der Waals surface area contributed by atoms with Crippen LogP contribution in [0.3, 0.4) is 0 Å². The third-order valence-corrected chi connectivity index (χ3v) is 5.68. The largest absolute Gasteiger partial charge is 0.466 e. The van der Waals surface area contributed by atoms with E-state index in [9.17, 15) is 14.4 Å². The number of carbonyl (C=O) groups excluding carboxylic acids is 3. The fourth-order valence-electron chi connectivity index (χ4n) is 2.96. The van der Waals surface area contributed by atoms with Crippen molar-refractivity contribution < 1.29 is 23.5 Å². The Kier molecular flexibility index (Phi) is 6.41. The molecular formula is C20H22N2O5S. The summed E-state index contributed by atoms with van der Waals surface area (Å²) in [6.07, 6.45) is 0.566. The summed E-state index contributed by atoms with van der Waals surface area (Å²) in [5.41, 5.74) is 0.950. The van der Waals surface area contributed by atoms with Crippen molar-refractivity contribution in [2.24, 2.45) is 0 Å². The Morgan fingerprint density at radius 2 is 2.00 bits per heavy atom. The molecule has 0 radical (unpaired) electrons. The molecule has 8 heteroatoms. The van der Waals surface area contributed by atoms with Gasteiger partial charge in [0.15, 0.2) is 6.10 Å². The minimum absolute atomic E-state index is 0.255. The quantitative estimate of drug-likeness (QED) is 0.747. The van der Waals surface area contributed by atoms with E-state index in [0.717, 1.165) is 5.56 Å². The molecule has 1 N–H and O–H groups in total. The maximum absolute atomic E-state index is 12.6. The molecule has 0 aliphatic carbocycles. The smallest absolute Gasteiger partial charge is 0.330 e. The van der Waals surface area contributed by atoms with E-state index in [0.29, 0.717) is 18.1 Å². The van der Waals surface area contributed by atoms with Crippen LogP contribution in [0.4, 0.5) is 0 Å². The lowest BCUT2D eigenvalue weighted by Crippen LogP contribution is -2.45. The van der Waals surface area contributed by atoms with Gasteiger partial charge in [-0.1, -0.05) is 30.3 Å². The summed E-state index contributed by atoms with van der Waals surface area (Å²) < 4.78 is 10.7. The van der Waals surface area contributed by atoms with Crippen LogP contribution >= 0.6 is 11.8 Å². The van der Waals surface area contributed by atoms with Gasteiger partial charge in [-0.3, -0.25) is 9.59 Å².